The summed E-state index contributed by atoms with van der Waals surface area (Å²) in [6.45, 7) is -2.78. The molecule has 1 aromatic heterocycles. The first-order valence-electron chi connectivity index (χ1n) is 5.20. The average molecular weight is 245 g/mol. The molecule has 1 rings (SSSR count). The minimum Gasteiger partial charge on any atom is -0.260 e. The van der Waals surface area contributed by atoms with Crippen LogP contribution in [0.3, 0.4) is 0 Å². The minimum atomic E-state index is -4.92. The fraction of sp³-hybridized carbons (Fsp3) is 0.286. The van der Waals surface area contributed by atoms with Crippen molar-refractivity contribution >= 4 is 15.9 Å². The van der Waals surface area contributed by atoms with Gasteiger partial charge in [0.25, 0.3) is 0 Å². The second-order valence-electron chi connectivity index (χ2n) is 1.88. The Hall–Kier alpha value is -0.580. The van der Waals surface area contributed by atoms with Gasteiger partial charge in [0.05, 0.1) is 14.0 Å². The van der Waals surface area contributed by atoms with Gasteiger partial charge in [-0.3, -0.25) is 4.98 Å². The van der Waals surface area contributed by atoms with Crippen molar-refractivity contribution in [2.45, 2.75) is 13.0 Å². The molecule has 0 aliphatic carbocycles. The number of hydrogen-bond acceptors (Lipinski definition) is 1. The van der Waals surface area contributed by atoms with E-state index in [0.717, 1.165) is 0 Å². The summed E-state index contributed by atoms with van der Waals surface area (Å²) in [5.41, 5.74) is -2.28. The lowest BCUT2D eigenvalue weighted by Crippen LogP contribution is -2.05. The molecule has 0 spiro atoms. The van der Waals surface area contributed by atoms with E-state index in [4.69, 9.17) is 6.85 Å². The summed E-state index contributed by atoms with van der Waals surface area (Å²) in [5.74, 6) is 0. The van der Waals surface area contributed by atoms with E-state index in [0.29, 0.717) is 0 Å². The number of aryl methyl sites for hydroxylation is 1. The predicted molar refractivity (Wildman–Crippen MR) is 41.7 cm³/mol. The highest BCUT2D eigenvalue weighted by atomic mass is 79.9. The van der Waals surface area contributed by atoms with Crippen LogP contribution >= 0.6 is 15.9 Å². The van der Waals surface area contributed by atoms with Crippen molar-refractivity contribution in [3.8, 4) is 0 Å². The number of halogens is 4. The molecule has 0 saturated heterocycles. The molecule has 5 heteroatoms. The zero-order valence-corrected chi connectivity index (χ0v) is 7.05. The lowest BCUT2D eigenvalue weighted by Gasteiger charge is -2.06. The fourth-order valence-electron chi connectivity index (χ4n) is 0.492. The summed E-state index contributed by atoms with van der Waals surface area (Å²) >= 11 is 2.60. The van der Waals surface area contributed by atoms with Crippen LogP contribution < -0.4 is 0 Å². The Labute approximate surface area is 82.8 Å². The topological polar surface area (TPSA) is 12.9 Å². The van der Waals surface area contributed by atoms with Crippen LogP contribution in [0.2, 0.25) is 0 Å². The van der Waals surface area contributed by atoms with Gasteiger partial charge in [0.2, 0.25) is 0 Å². The van der Waals surface area contributed by atoms with Crippen LogP contribution in [0.25, 0.3) is 0 Å². The molecule has 0 saturated carbocycles. The third-order valence-corrected chi connectivity index (χ3v) is 1.58. The summed E-state index contributed by atoms with van der Waals surface area (Å²) in [4.78, 5) is 3.09. The third-order valence-electron chi connectivity index (χ3n) is 1.01. The largest absolute Gasteiger partial charge is 0.417 e. The van der Waals surface area contributed by atoms with Crippen molar-refractivity contribution in [3.63, 3.8) is 0 Å². The number of hydrogen-bond donors (Lipinski definition) is 0. The van der Waals surface area contributed by atoms with Gasteiger partial charge in [0, 0.05) is 14.8 Å². The van der Waals surface area contributed by atoms with Gasteiger partial charge in [-0.1, -0.05) is 0 Å². The molecule has 0 unspecified atom stereocenters. The second kappa shape index (κ2) is 3.05. The molecule has 0 bridgehead atoms. The van der Waals surface area contributed by atoms with Gasteiger partial charge < -0.3 is 0 Å². The molecular weight excluding hydrogens is 235 g/mol. The quantitative estimate of drug-likeness (QED) is 0.684. The van der Waals surface area contributed by atoms with Crippen molar-refractivity contribution in [2.24, 2.45) is 0 Å². The van der Waals surface area contributed by atoms with Crippen LogP contribution in [0.5, 0.6) is 0 Å². The molecule has 0 atom stereocenters. The Morgan fingerprint density at radius 3 is 2.83 bits per heavy atom. The summed E-state index contributed by atoms with van der Waals surface area (Å²) in [5, 5.41) is 0. The molecule has 0 aromatic carbocycles. The Bertz CT molecular complexity index is 456. The maximum absolute atomic E-state index is 12.5. The van der Waals surface area contributed by atoms with E-state index >= 15 is 0 Å². The van der Waals surface area contributed by atoms with Crippen molar-refractivity contribution < 1.29 is 20.0 Å². The lowest BCUT2D eigenvalue weighted by atomic mass is 10.2. The van der Waals surface area contributed by atoms with Gasteiger partial charge in [0.1, 0.15) is 0 Å². The maximum Gasteiger partial charge on any atom is 0.417 e. The lowest BCUT2D eigenvalue weighted by molar-refractivity contribution is -0.137. The molecule has 0 amide bonds. The van der Waals surface area contributed by atoms with E-state index < -0.39 is 41.0 Å². The maximum atomic E-state index is 12.5. The van der Waals surface area contributed by atoms with Gasteiger partial charge in [0.15, 0.2) is 0 Å². The van der Waals surface area contributed by atoms with Gasteiger partial charge in [-0.25, -0.2) is 0 Å². The van der Waals surface area contributed by atoms with E-state index in [1.54, 1.807) is 0 Å². The Morgan fingerprint density at radius 2 is 2.33 bits per heavy atom. The van der Waals surface area contributed by atoms with Gasteiger partial charge >= 0.3 is 6.18 Å². The fourth-order valence-corrected chi connectivity index (χ4v) is 0.779. The van der Waals surface area contributed by atoms with Crippen molar-refractivity contribution in [3.05, 3.63) is 27.9 Å². The summed E-state index contributed by atoms with van der Waals surface area (Å²) < 4.78 is 72.2. The van der Waals surface area contributed by atoms with Crippen molar-refractivity contribution in [2.75, 3.05) is 0 Å². The minimum absolute atomic E-state index is 0.569. The number of alkyl halides is 3. The average Bonchev–Trinajstić information content (AvgIpc) is 2.07. The van der Waals surface area contributed by atoms with E-state index in [-0.39, 0.29) is 0 Å². The van der Waals surface area contributed by atoms with Crippen LogP contribution in [0.4, 0.5) is 13.2 Å². The monoisotopic (exact) mass is 244 g/mol. The Kier molecular flexibility index (Phi) is 1.17. The number of pyridine rings is 1. The zero-order valence-electron chi connectivity index (χ0n) is 10.5. The molecular formula is C7H5BrF3N. The van der Waals surface area contributed by atoms with Crippen molar-refractivity contribution in [1.29, 1.82) is 0 Å². The highest BCUT2D eigenvalue weighted by Crippen LogP contribution is 2.30. The van der Waals surface area contributed by atoms with Gasteiger partial charge in [-0.2, -0.15) is 13.2 Å². The third kappa shape index (κ3) is 1.97. The first-order valence-corrected chi connectivity index (χ1v) is 3.50. The zero-order chi connectivity index (χ0) is 13.6. The van der Waals surface area contributed by atoms with Crippen LogP contribution in [0, 0.1) is 6.85 Å². The highest BCUT2D eigenvalue weighted by Gasteiger charge is 2.31. The second-order valence-corrected chi connectivity index (χ2v) is 2.68. The molecule has 1 aromatic rings. The number of nitrogens with zero attached hydrogens (tertiary/aromatic N) is 1. The summed E-state index contributed by atoms with van der Waals surface area (Å²) in [6.07, 6.45) is -6.19. The standard InChI is InChI=1S/C7H5BrF3N/c1-4-6(8)2-5(3-12-4)7(9,10)11/h2-3H,1H3/i1D3,2D,3D. The van der Waals surface area contributed by atoms with Crippen LogP contribution in [0.1, 0.15) is 18.1 Å². The summed E-state index contributed by atoms with van der Waals surface area (Å²) in [7, 11) is 0. The molecule has 0 radical (unpaired) electrons. The van der Waals surface area contributed by atoms with E-state index in [1.807, 2.05) is 0 Å². The molecule has 0 aliphatic heterocycles. The first-order chi connectivity index (χ1) is 7.46. The van der Waals surface area contributed by atoms with Crippen molar-refractivity contribution in [1.82, 2.24) is 4.98 Å². The molecule has 1 heterocycles. The smallest absolute Gasteiger partial charge is 0.260 e. The molecule has 12 heavy (non-hydrogen) atoms. The molecule has 1 nitrogen and oxygen atoms in total. The number of aromatic nitrogens is 1. The molecule has 0 N–H and O–H groups in total. The van der Waals surface area contributed by atoms with E-state index in [1.165, 1.54) is 0 Å². The predicted octanol–water partition coefficient (Wildman–Crippen LogP) is 3.17. The van der Waals surface area contributed by atoms with Crippen LogP contribution in [-0.4, -0.2) is 4.98 Å². The van der Waals surface area contributed by atoms with E-state index in [9.17, 15) is 13.2 Å². The van der Waals surface area contributed by atoms with Gasteiger partial charge in [-0.05, 0) is 28.8 Å². The number of rotatable bonds is 0. The SMILES string of the molecule is [2H]c1nc(C([2H])([2H])[2H])c(Br)c([2H])c1C(F)(F)F. The summed E-state index contributed by atoms with van der Waals surface area (Å²) in [6, 6.07) is -1.09. The van der Waals surface area contributed by atoms with Gasteiger partial charge in [-0.15, -0.1) is 0 Å². The highest BCUT2D eigenvalue weighted by molar-refractivity contribution is 9.10. The van der Waals surface area contributed by atoms with E-state index in [2.05, 4.69) is 20.9 Å². The molecule has 0 aliphatic rings. The first kappa shape index (κ1) is 4.60. The Balaban J connectivity index is 3.60. The molecule has 66 valence electrons. The van der Waals surface area contributed by atoms with Crippen LogP contribution in [0.15, 0.2) is 16.7 Å². The molecule has 0 fully saturated rings. The Morgan fingerprint density at radius 1 is 1.67 bits per heavy atom. The van der Waals surface area contributed by atoms with Crippen LogP contribution in [-0.2, 0) is 6.18 Å². The normalized spacial score (nSPS) is 18.8.